The van der Waals surface area contributed by atoms with Crippen LogP contribution in [0, 0.1) is 0 Å². The predicted molar refractivity (Wildman–Crippen MR) is 109 cm³/mol. The normalized spacial score (nSPS) is 13.1. The van der Waals surface area contributed by atoms with Crippen molar-refractivity contribution >= 4 is 43.5 Å². The Bertz CT molecular complexity index is 1490. The molecule has 3 aromatic carbocycles. The van der Waals surface area contributed by atoms with Crippen LogP contribution in [0.15, 0.2) is 56.5 Å². The summed E-state index contributed by atoms with van der Waals surface area (Å²) < 4.78 is 12.7. The number of aliphatic hydroxyl groups is 1. The van der Waals surface area contributed by atoms with Crippen molar-refractivity contribution in [3.63, 3.8) is 0 Å². The molecule has 6 nitrogen and oxygen atoms in total. The van der Waals surface area contributed by atoms with Crippen molar-refractivity contribution in [3.8, 4) is 5.75 Å². The Morgan fingerprint density at radius 3 is 2.46 bits per heavy atom. The maximum Gasteiger partial charge on any atom is 0.261 e. The molecule has 0 radical (unpaired) electrons. The Kier molecular flexibility index (Phi) is 3.48. The number of methoxy groups -OCH3 is 1. The lowest BCUT2D eigenvalue weighted by Crippen LogP contribution is -2.36. The van der Waals surface area contributed by atoms with Gasteiger partial charge < -0.3 is 14.3 Å². The van der Waals surface area contributed by atoms with E-state index < -0.39 is 17.2 Å². The molecule has 0 bridgehead atoms. The highest BCUT2D eigenvalue weighted by atomic mass is 16.5. The molecular weight excluding hydrogens is 358 g/mol. The smallest absolute Gasteiger partial charge is 0.261 e. The third-order valence-electron chi connectivity index (χ3n) is 5.21. The van der Waals surface area contributed by atoms with Gasteiger partial charge >= 0.3 is 0 Å². The first-order chi connectivity index (χ1) is 13.5. The van der Waals surface area contributed by atoms with Crippen LogP contribution in [0.25, 0.3) is 43.5 Å². The maximum absolute atomic E-state index is 13.1. The number of rotatable bonds is 3. The summed E-state index contributed by atoms with van der Waals surface area (Å²) >= 11 is 0. The van der Waals surface area contributed by atoms with Crippen LogP contribution in [-0.2, 0) is 6.54 Å². The number of ether oxygens (including phenoxy) is 1. The number of benzene rings is 3. The van der Waals surface area contributed by atoms with Crippen LogP contribution in [0.1, 0.15) is 6.92 Å². The SMILES string of the molecule is COc1cc2c(=O)n(CC(C)O)c(=O)c3ccc4c5ccccc5oc1c4c32. The monoisotopic (exact) mass is 375 g/mol. The number of nitrogens with zero attached hydrogens (tertiary/aromatic N) is 1. The summed E-state index contributed by atoms with van der Waals surface area (Å²) in [5.41, 5.74) is 0.334. The topological polar surface area (TPSA) is 81.7 Å². The van der Waals surface area contributed by atoms with Crippen molar-refractivity contribution in [1.82, 2.24) is 4.57 Å². The average molecular weight is 375 g/mol. The zero-order valence-corrected chi connectivity index (χ0v) is 15.4. The van der Waals surface area contributed by atoms with Gasteiger partial charge in [0.2, 0.25) is 0 Å². The first-order valence-electron chi connectivity index (χ1n) is 9.00. The number of aliphatic hydroxyl groups excluding tert-OH is 1. The van der Waals surface area contributed by atoms with Crippen molar-refractivity contribution < 1.29 is 14.3 Å². The second-order valence-electron chi connectivity index (χ2n) is 7.03. The van der Waals surface area contributed by atoms with Gasteiger partial charge in [0.25, 0.3) is 11.1 Å². The molecular formula is C22H17NO5. The molecule has 1 N–H and O–H groups in total. The Balaban J connectivity index is 2.11. The highest BCUT2D eigenvalue weighted by molar-refractivity contribution is 6.27. The van der Waals surface area contributed by atoms with E-state index in [1.165, 1.54) is 7.11 Å². The van der Waals surface area contributed by atoms with Crippen molar-refractivity contribution in [2.45, 2.75) is 19.6 Å². The summed E-state index contributed by atoms with van der Waals surface area (Å²) in [4.78, 5) is 26.1. The molecule has 2 heterocycles. The minimum absolute atomic E-state index is 0.0657. The second kappa shape index (κ2) is 5.81. The molecule has 2 aromatic heterocycles. The van der Waals surface area contributed by atoms with E-state index in [1.54, 1.807) is 19.1 Å². The van der Waals surface area contributed by atoms with Crippen LogP contribution < -0.4 is 15.9 Å². The lowest BCUT2D eigenvalue weighted by molar-refractivity contribution is 0.171. The minimum atomic E-state index is -0.820. The average Bonchev–Trinajstić information content (AvgIpc) is 2.70. The Labute approximate surface area is 158 Å². The van der Waals surface area contributed by atoms with E-state index in [4.69, 9.17) is 9.15 Å². The molecule has 0 saturated carbocycles. The standard InChI is InChI=1S/C22H17NO5/c1-11(24)10-23-21(25)14-8-7-13-12-5-3-4-6-16(12)28-20-17(27-2)9-15(22(23)26)18(14)19(13)20/h3-9,11,24H,10H2,1-2H3. The Morgan fingerprint density at radius 1 is 1.00 bits per heavy atom. The highest BCUT2D eigenvalue weighted by Gasteiger charge is 2.22. The number of aromatic nitrogens is 1. The fourth-order valence-corrected chi connectivity index (χ4v) is 4.04. The van der Waals surface area contributed by atoms with E-state index in [0.29, 0.717) is 38.5 Å². The molecule has 140 valence electrons. The molecule has 0 aliphatic heterocycles. The minimum Gasteiger partial charge on any atom is -0.493 e. The third-order valence-corrected chi connectivity index (χ3v) is 5.21. The number of fused-ring (bicyclic) bond motifs is 2. The third kappa shape index (κ3) is 2.12. The van der Waals surface area contributed by atoms with Crippen LogP contribution in [-0.4, -0.2) is 22.9 Å². The van der Waals surface area contributed by atoms with Crippen molar-refractivity contribution in [2.24, 2.45) is 0 Å². The molecule has 6 heteroatoms. The van der Waals surface area contributed by atoms with Gasteiger partial charge in [0, 0.05) is 21.5 Å². The van der Waals surface area contributed by atoms with Crippen LogP contribution >= 0.6 is 0 Å². The molecule has 0 spiro atoms. The lowest BCUT2D eigenvalue weighted by atomic mass is 9.96. The number of para-hydroxylation sites is 1. The number of pyridine rings is 1. The summed E-state index contributed by atoms with van der Waals surface area (Å²) in [6.07, 6.45) is -0.820. The molecule has 0 aliphatic rings. The number of hydrogen-bond acceptors (Lipinski definition) is 5. The van der Waals surface area contributed by atoms with E-state index in [2.05, 4.69) is 0 Å². The van der Waals surface area contributed by atoms with Crippen LogP contribution in [0.2, 0.25) is 0 Å². The fraction of sp³-hybridized carbons (Fsp3) is 0.182. The molecule has 28 heavy (non-hydrogen) atoms. The van der Waals surface area contributed by atoms with E-state index in [0.717, 1.165) is 15.3 Å². The largest absolute Gasteiger partial charge is 0.493 e. The van der Waals surface area contributed by atoms with E-state index in [-0.39, 0.29) is 6.54 Å². The molecule has 0 amide bonds. The second-order valence-corrected chi connectivity index (χ2v) is 7.03. The highest BCUT2D eigenvalue weighted by Crippen LogP contribution is 2.41. The molecule has 5 rings (SSSR count). The van der Waals surface area contributed by atoms with Crippen LogP contribution in [0.5, 0.6) is 5.75 Å². The van der Waals surface area contributed by atoms with Gasteiger partial charge in [0.15, 0.2) is 11.3 Å². The van der Waals surface area contributed by atoms with Gasteiger partial charge in [-0.2, -0.15) is 0 Å². The summed E-state index contributed by atoms with van der Waals surface area (Å²) in [5.74, 6) is 0.426. The van der Waals surface area contributed by atoms with Crippen LogP contribution in [0.4, 0.5) is 0 Å². The lowest BCUT2D eigenvalue weighted by Gasteiger charge is -2.16. The van der Waals surface area contributed by atoms with Gasteiger partial charge in [0.05, 0.1) is 25.1 Å². The van der Waals surface area contributed by atoms with Gasteiger partial charge in [-0.05, 0) is 30.5 Å². The van der Waals surface area contributed by atoms with Crippen molar-refractivity contribution in [1.29, 1.82) is 0 Å². The van der Waals surface area contributed by atoms with E-state index >= 15 is 0 Å². The fourth-order valence-electron chi connectivity index (χ4n) is 4.04. The first kappa shape index (κ1) is 16.8. The van der Waals surface area contributed by atoms with E-state index in [1.807, 2.05) is 30.3 Å². The van der Waals surface area contributed by atoms with Gasteiger partial charge in [-0.1, -0.05) is 24.3 Å². The molecule has 1 atom stereocenters. The van der Waals surface area contributed by atoms with Gasteiger partial charge in [-0.25, -0.2) is 0 Å². The van der Waals surface area contributed by atoms with Gasteiger partial charge in [0.1, 0.15) is 5.58 Å². The molecule has 0 fully saturated rings. The maximum atomic E-state index is 13.1. The van der Waals surface area contributed by atoms with Crippen molar-refractivity contribution in [2.75, 3.05) is 7.11 Å². The summed E-state index contributed by atoms with van der Waals surface area (Å²) in [6, 6.07) is 12.9. The van der Waals surface area contributed by atoms with Gasteiger partial charge in [-0.15, -0.1) is 0 Å². The predicted octanol–water partition coefficient (Wildman–Crippen LogP) is 3.24. The zero-order valence-electron chi connectivity index (χ0n) is 15.4. The molecule has 0 aliphatic carbocycles. The molecule has 1 unspecified atom stereocenters. The van der Waals surface area contributed by atoms with Crippen LogP contribution in [0.3, 0.4) is 0 Å². The summed E-state index contributed by atoms with van der Waals surface area (Å²) in [7, 11) is 1.52. The first-order valence-corrected chi connectivity index (χ1v) is 9.00. The Morgan fingerprint density at radius 2 is 1.71 bits per heavy atom. The summed E-state index contributed by atoms with van der Waals surface area (Å²) in [5, 5.41) is 13.6. The number of hydrogen-bond donors (Lipinski definition) is 1. The van der Waals surface area contributed by atoms with Crippen molar-refractivity contribution in [3.05, 3.63) is 63.2 Å². The van der Waals surface area contributed by atoms with Gasteiger partial charge in [-0.3, -0.25) is 14.2 Å². The Hall–Kier alpha value is -3.38. The quantitative estimate of drug-likeness (QED) is 0.387. The zero-order chi connectivity index (χ0) is 19.6. The molecule has 0 saturated heterocycles. The summed E-state index contributed by atoms with van der Waals surface area (Å²) in [6.45, 7) is 1.48. The molecule has 5 aromatic rings. The van der Waals surface area contributed by atoms with E-state index in [9.17, 15) is 14.7 Å².